The second-order valence-electron chi connectivity index (χ2n) is 11.9. The summed E-state index contributed by atoms with van der Waals surface area (Å²) in [5, 5.41) is 0. The first kappa shape index (κ1) is 25.8. The third-order valence-electron chi connectivity index (χ3n) is 6.27. The molecule has 8 saturated heterocycles. The molecule has 8 heteroatoms. The van der Waals surface area contributed by atoms with Gasteiger partial charge in [0.1, 0.15) is 0 Å². The summed E-state index contributed by atoms with van der Waals surface area (Å²) >= 11 is 0. The van der Waals surface area contributed by atoms with Crippen LogP contribution in [-0.2, 0) is 37.9 Å². The Hall–Kier alpha value is -0.320. The Morgan fingerprint density at radius 1 is 0.576 bits per heavy atom. The average Bonchev–Trinajstić information content (AvgIpc) is 3.49. The first-order chi connectivity index (χ1) is 15.5. The molecule has 7 unspecified atom stereocenters. The van der Waals surface area contributed by atoms with Crippen LogP contribution in [-0.4, -0.2) is 99.7 Å². The van der Waals surface area contributed by atoms with Crippen LogP contribution in [0, 0.1) is 0 Å². The van der Waals surface area contributed by atoms with E-state index in [1.165, 1.54) is 0 Å². The highest BCUT2D eigenvalue weighted by atomic mass is 16.6. The van der Waals surface area contributed by atoms with Gasteiger partial charge in [-0.25, -0.2) is 0 Å². The van der Waals surface area contributed by atoms with Crippen molar-refractivity contribution in [1.82, 2.24) is 0 Å². The molecule has 0 bridgehead atoms. The molecular weight excluding hydrogens is 428 g/mol. The summed E-state index contributed by atoms with van der Waals surface area (Å²) in [6.45, 7) is 20.2. The highest BCUT2D eigenvalue weighted by molar-refractivity contribution is 5.00. The molecule has 0 aliphatic carbocycles. The largest absolute Gasteiger partial charge is 0.373 e. The van der Waals surface area contributed by atoms with Gasteiger partial charge in [0.05, 0.1) is 99.7 Å². The van der Waals surface area contributed by atoms with Crippen LogP contribution >= 0.6 is 0 Å². The fourth-order valence-corrected chi connectivity index (χ4v) is 3.09. The van der Waals surface area contributed by atoms with Crippen molar-refractivity contribution in [2.24, 2.45) is 0 Å². The fourth-order valence-electron chi connectivity index (χ4n) is 3.09. The maximum atomic E-state index is 5.23. The fraction of sp³-hybridized carbons (Fsp3) is 1.00. The highest BCUT2D eigenvalue weighted by Gasteiger charge is 2.51. The molecule has 8 heterocycles. The molecule has 0 aromatic heterocycles. The van der Waals surface area contributed by atoms with Crippen LogP contribution in [0.15, 0.2) is 0 Å². The SMILES string of the molecule is C1OC1CC1CO1.CC1(C)CO1.CC1(CC2(C)CO2)CO1.CC1(CC2CO2)CO1.CC1CO1. The van der Waals surface area contributed by atoms with Crippen molar-refractivity contribution in [1.29, 1.82) is 0 Å². The van der Waals surface area contributed by atoms with Crippen molar-refractivity contribution < 1.29 is 37.9 Å². The minimum Gasteiger partial charge on any atom is -0.373 e. The second kappa shape index (κ2) is 9.97. The highest BCUT2D eigenvalue weighted by Crippen LogP contribution is 2.42. The van der Waals surface area contributed by atoms with Gasteiger partial charge >= 0.3 is 0 Å². The molecular formula is C25H44O8. The molecule has 0 aromatic carbocycles. The zero-order valence-electron chi connectivity index (χ0n) is 21.4. The quantitative estimate of drug-likeness (QED) is 0.544. The van der Waals surface area contributed by atoms with Gasteiger partial charge in [-0.15, -0.1) is 0 Å². The van der Waals surface area contributed by atoms with Crippen molar-refractivity contribution in [3.05, 3.63) is 0 Å². The van der Waals surface area contributed by atoms with Gasteiger partial charge in [-0.2, -0.15) is 0 Å². The van der Waals surface area contributed by atoms with E-state index in [0.29, 0.717) is 24.4 Å². The molecule has 8 nitrogen and oxygen atoms in total. The Bertz CT molecular complexity index is 592. The zero-order valence-corrected chi connectivity index (χ0v) is 21.4. The van der Waals surface area contributed by atoms with E-state index in [1.807, 2.05) is 0 Å². The Balaban J connectivity index is 0.000000101. The minimum absolute atomic E-state index is 0.172. The average molecular weight is 473 g/mol. The van der Waals surface area contributed by atoms with Gasteiger partial charge in [0, 0.05) is 19.3 Å². The van der Waals surface area contributed by atoms with Gasteiger partial charge < -0.3 is 37.9 Å². The molecule has 8 aliphatic rings. The molecule has 0 N–H and O–H groups in total. The first-order valence-electron chi connectivity index (χ1n) is 12.5. The van der Waals surface area contributed by atoms with Gasteiger partial charge in [-0.1, -0.05) is 0 Å². The summed E-state index contributed by atoms with van der Waals surface area (Å²) in [7, 11) is 0. The number of rotatable bonds is 6. The predicted molar refractivity (Wildman–Crippen MR) is 122 cm³/mol. The summed E-state index contributed by atoms with van der Waals surface area (Å²) in [5.74, 6) is 0. The van der Waals surface area contributed by atoms with Crippen LogP contribution < -0.4 is 0 Å². The zero-order chi connectivity index (χ0) is 23.7. The first-order valence-corrected chi connectivity index (χ1v) is 12.5. The molecule has 0 spiro atoms. The van der Waals surface area contributed by atoms with Gasteiger partial charge in [-0.05, 0) is 41.5 Å². The molecule has 0 radical (unpaired) electrons. The normalized spacial score (nSPS) is 46.7. The Kier molecular flexibility index (Phi) is 7.79. The van der Waals surface area contributed by atoms with Crippen molar-refractivity contribution in [2.45, 2.75) is 108 Å². The van der Waals surface area contributed by atoms with Crippen LogP contribution in [0.4, 0.5) is 0 Å². The molecule has 33 heavy (non-hydrogen) atoms. The molecule has 7 atom stereocenters. The van der Waals surface area contributed by atoms with Crippen LogP contribution in [0.2, 0.25) is 0 Å². The van der Waals surface area contributed by atoms with E-state index in [4.69, 9.17) is 37.9 Å². The Labute approximate surface area is 198 Å². The molecule has 8 fully saturated rings. The summed E-state index contributed by atoms with van der Waals surface area (Å²) in [6.07, 6.45) is 5.55. The van der Waals surface area contributed by atoms with Crippen LogP contribution in [0.25, 0.3) is 0 Å². The lowest BCUT2D eigenvalue weighted by molar-refractivity contribution is 0.228. The number of hydrogen-bond donors (Lipinski definition) is 0. The van der Waals surface area contributed by atoms with E-state index < -0.39 is 0 Å². The van der Waals surface area contributed by atoms with E-state index in [0.717, 1.165) is 72.1 Å². The summed E-state index contributed by atoms with van der Waals surface area (Å²) in [4.78, 5) is 0. The van der Waals surface area contributed by atoms with Crippen molar-refractivity contribution in [3.63, 3.8) is 0 Å². The molecule has 8 aliphatic heterocycles. The standard InChI is InChI=1S/C7H12O2.C6H10O2.C5H8O2.C4H8O.C3H6O/c1-6(4-8-6)3-7(2)5-9-7;1-6(4-8-6)2-5-3-7-5;1(4-2-6-4)5-3-7-5;1-4(2)3-5-4;1-3-2-4-3/h3-5H2,1-2H3;5H,2-4H2,1H3;4-5H,1-3H2;3H2,1-2H3;3H,2H2,1H3. The van der Waals surface area contributed by atoms with Crippen LogP contribution in [0.5, 0.6) is 0 Å². The van der Waals surface area contributed by atoms with Gasteiger partial charge in [0.15, 0.2) is 0 Å². The topological polar surface area (TPSA) is 100 Å². The van der Waals surface area contributed by atoms with E-state index >= 15 is 0 Å². The Morgan fingerprint density at radius 3 is 1.12 bits per heavy atom. The Morgan fingerprint density at radius 2 is 0.909 bits per heavy atom. The van der Waals surface area contributed by atoms with Crippen LogP contribution in [0.1, 0.15) is 60.8 Å². The number of hydrogen-bond acceptors (Lipinski definition) is 8. The van der Waals surface area contributed by atoms with Gasteiger partial charge in [0.25, 0.3) is 0 Å². The maximum absolute atomic E-state index is 5.23. The second-order valence-corrected chi connectivity index (χ2v) is 11.9. The van der Waals surface area contributed by atoms with Crippen molar-refractivity contribution in [2.75, 3.05) is 52.9 Å². The molecule has 0 amide bonds. The lowest BCUT2D eigenvalue weighted by atomic mass is 9.99. The minimum atomic E-state index is 0.172. The molecule has 0 aromatic rings. The maximum Gasteiger partial charge on any atom is 0.0916 e. The lowest BCUT2D eigenvalue weighted by Crippen LogP contribution is -2.16. The number of ether oxygens (including phenoxy) is 8. The monoisotopic (exact) mass is 472 g/mol. The van der Waals surface area contributed by atoms with Crippen molar-refractivity contribution >= 4 is 0 Å². The van der Waals surface area contributed by atoms with E-state index in [9.17, 15) is 0 Å². The van der Waals surface area contributed by atoms with Gasteiger partial charge in [0.2, 0.25) is 0 Å². The van der Waals surface area contributed by atoms with E-state index in [-0.39, 0.29) is 22.4 Å². The third kappa shape index (κ3) is 12.8. The van der Waals surface area contributed by atoms with Gasteiger partial charge in [-0.3, -0.25) is 0 Å². The molecule has 192 valence electrons. The molecule has 0 saturated carbocycles. The summed E-state index contributed by atoms with van der Waals surface area (Å²) in [5.41, 5.74) is 0.803. The van der Waals surface area contributed by atoms with Crippen molar-refractivity contribution in [3.8, 4) is 0 Å². The lowest BCUT2D eigenvalue weighted by Gasteiger charge is -2.06. The third-order valence-corrected chi connectivity index (χ3v) is 6.27. The summed E-state index contributed by atoms with van der Waals surface area (Å²) < 4.78 is 40.2. The van der Waals surface area contributed by atoms with Crippen LogP contribution in [0.3, 0.4) is 0 Å². The van der Waals surface area contributed by atoms with E-state index in [1.54, 1.807) is 0 Å². The smallest absolute Gasteiger partial charge is 0.0916 e. The molecule has 8 rings (SSSR count). The van der Waals surface area contributed by atoms with E-state index in [2.05, 4.69) is 41.5 Å². The summed E-state index contributed by atoms with van der Waals surface area (Å²) in [6, 6.07) is 0. The predicted octanol–water partition coefficient (Wildman–Crippen LogP) is 2.89. The number of epoxide rings is 8.